The molecule has 0 spiro atoms. The van der Waals surface area contributed by atoms with Crippen molar-refractivity contribution in [2.45, 2.75) is 31.8 Å². The lowest BCUT2D eigenvalue weighted by Crippen LogP contribution is -2.18. The van der Waals surface area contributed by atoms with Crippen molar-refractivity contribution in [2.75, 3.05) is 6.26 Å². The molecule has 1 N–H and O–H groups in total. The summed E-state index contributed by atoms with van der Waals surface area (Å²) >= 11 is 1.05. The minimum absolute atomic E-state index is 0.199. The second-order valence-corrected chi connectivity index (χ2v) is 4.48. The van der Waals surface area contributed by atoms with Gasteiger partial charge in [0.2, 0.25) is 0 Å². The Morgan fingerprint density at radius 2 is 2.19 bits per heavy atom. The van der Waals surface area contributed by atoms with Crippen molar-refractivity contribution in [1.82, 2.24) is 0 Å². The van der Waals surface area contributed by atoms with Gasteiger partial charge in [-0.15, -0.1) is 0 Å². The molecule has 1 aliphatic rings. The summed E-state index contributed by atoms with van der Waals surface area (Å²) in [6, 6.07) is 0. The van der Waals surface area contributed by atoms with Crippen LogP contribution in [0.1, 0.15) is 25.7 Å². The summed E-state index contributed by atoms with van der Waals surface area (Å²) in [5.74, 6) is -1.04. The first-order chi connectivity index (χ1) is 7.63. The molecular weight excluding hydrogens is 228 g/mol. The molecule has 2 unspecified atom stereocenters. The van der Waals surface area contributed by atoms with Crippen LogP contribution in [-0.2, 0) is 9.53 Å². The molecule has 0 amide bonds. The molecule has 2 atom stereocenters. The Balaban J connectivity index is 2.48. The molecule has 0 radical (unpaired) electrons. The number of hydrogen-bond donors (Lipinski definition) is 1. The van der Waals surface area contributed by atoms with E-state index in [0.717, 1.165) is 18.2 Å². The molecule has 16 heavy (non-hydrogen) atoms. The lowest BCUT2D eigenvalue weighted by atomic mass is 9.94. The Bertz CT molecular complexity index is 288. The number of carboxylic acids is 1. The highest BCUT2D eigenvalue weighted by Crippen LogP contribution is 2.20. The maximum atomic E-state index is 11.1. The summed E-state index contributed by atoms with van der Waals surface area (Å²) < 4.78 is 5.16. The quantitative estimate of drug-likeness (QED) is 0.597. The normalized spacial score (nSPS) is 27.6. The molecule has 4 nitrogen and oxygen atoms in total. The third-order valence-electron chi connectivity index (χ3n) is 2.58. The molecule has 0 saturated carbocycles. The Morgan fingerprint density at radius 3 is 2.81 bits per heavy atom. The van der Waals surface area contributed by atoms with Gasteiger partial charge in [0.1, 0.15) is 6.10 Å². The van der Waals surface area contributed by atoms with Crippen LogP contribution in [0.4, 0.5) is 4.79 Å². The van der Waals surface area contributed by atoms with Crippen molar-refractivity contribution in [2.24, 2.45) is 5.92 Å². The van der Waals surface area contributed by atoms with Gasteiger partial charge in [-0.2, -0.15) is 0 Å². The van der Waals surface area contributed by atoms with Crippen LogP contribution >= 0.6 is 11.8 Å². The van der Waals surface area contributed by atoms with Crippen LogP contribution in [0.3, 0.4) is 0 Å². The van der Waals surface area contributed by atoms with Gasteiger partial charge in [-0.1, -0.05) is 6.08 Å². The van der Waals surface area contributed by atoms with Gasteiger partial charge in [-0.3, -0.25) is 4.79 Å². The molecule has 0 aliphatic heterocycles. The number of allylic oxidation sites excluding steroid dienone is 1. The minimum Gasteiger partial charge on any atom is -0.481 e. The van der Waals surface area contributed by atoms with Crippen LogP contribution in [0.15, 0.2) is 12.2 Å². The average molecular weight is 244 g/mol. The smallest absolute Gasteiger partial charge is 0.367 e. The number of hydrogen-bond acceptors (Lipinski definition) is 4. The van der Waals surface area contributed by atoms with E-state index in [1.165, 1.54) is 0 Å². The third kappa shape index (κ3) is 4.26. The highest BCUT2D eigenvalue weighted by Gasteiger charge is 2.19. The van der Waals surface area contributed by atoms with Gasteiger partial charge in [0.25, 0.3) is 0 Å². The Morgan fingerprint density at radius 1 is 1.44 bits per heavy atom. The molecule has 5 heteroatoms. The van der Waals surface area contributed by atoms with Gasteiger partial charge in [-0.25, -0.2) is 4.79 Å². The first-order valence-corrected chi connectivity index (χ1v) is 6.50. The van der Waals surface area contributed by atoms with E-state index in [9.17, 15) is 9.59 Å². The predicted octanol–water partition coefficient (Wildman–Crippen LogP) is 2.69. The topological polar surface area (TPSA) is 63.6 Å². The molecule has 0 aromatic heterocycles. The number of carboxylic acid groups (broad SMARTS) is 1. The molecule has 0 bridgehead atoms. The number of aliphatic carboxylic acids is 1. The summed E-state index contributed by atoms with van der Waals surface area (Å²) in [6.07, 6.45) is 7.71. The van der Waals surface area contributed by atoms with E-state index in [0.29, 0.717) is 19.3 Å². The van der Waals surface area contributed by atoms with E-state index in [4.69, 9.17) is 9.84 Å². The number of carbonyl (C=O) groups excluding carboxylic acids is 1. The fourth-order valence-corrected chi connectivity index (χ4v) is 1.89. The zero-order valence-corrected chi connectivity index (χ0v) is 10.0. The standard InChI is InChI=1S/C11H16O4S/c1-16-11(14)15-9-6-2-4-8(10(12)13)5-3-7-9/h2,6,8-9H,3-5,7H2,1H3,(H,12,13)/b6-2+. The maximum absolute atomic E-state index is 11.1. The first-order valence-electron chi connectivity index (χ1n) is 5.27. The average Bonchev–Trinajstić information content (AvgIpc) is 2.21. The summed E-state index contributed by atoms with van der Waals surface area (Å²) in [4.78, 5) is 21.9. The maximum Gasteiger partial charge on any atom is 0.367 e. The monoisotopic (exact) mass is 244 g/mol. The van der Waals surface area contributed by atoms with E-state index in [1.54, 1.807) is 18.4 Å². The minimum atomic E-state index is -0.746. The molecule has 0 heterocycles. The Kier molecular flexibility index (Phi) is 5.38. The zero-order chi connectivity index (χ0) is 12.0. The van der Waals surface area contributed by atoms with Crippen molar-refractivity contribution < 1.29 is 19.4 Å². The van der Waals surface area contributed by atoms with Crippen LogP contribution in [0.5, 0.6) is 0 Å². The van der Waals surface area contributed by atoms with Gasteiger partial charge < -0.3 is 9.84 Å². The SMILES string of the molecule is CSC(=O)OC1/C=C/CC(C(=O)O)CCC1. The highest BCUT2D eigenvalue weighted by atomic mass is 32.2. The third-order valence-corrected chi connectivity index (χ3v) is 3.01. The number of thioether (sulfide) groups is 1. The lowest BCUT2D eigenvalue weighted by Gasteiger charge is -2.18. The number of ether oxygens (including phenoxy) is 1. The second kappa shape index (κ2) is 6.58. The van der Waals surface area contributed by atoms with Crippen LogP contribution < -0.4 is 0 Å². The highest BCUT2D eigenvalue weighted by molar-refractivity contribution is 8.12. The van der Waals surface area contributed by atoms with Crippen molar-refractivity contribution in [3.8, 4) is 0 Å². The van der Waals surface area contributed by atoms with Gasteiger partial charge in [0.15, 0.2) is 0 Å². The molecule has 1 aliphatic carbocycles. The van der Waals surface area contributed by atoms with E-state index in [2.05, 4.69) is 0 Å². The van der Waals surface area contributed by atoms with E-state index < -0.39 is 5.97 Å². The summed E-state index contributed by atoms with van der Waals surface area (Å²) in [6.45, 7) is 0. The van der Waals surface area contributed by atoms with E-state index in [1.807, 2.05) is 0 Å². The van der Waals surface area contributed by atoms with Crippen LogP contribution in [0.25, 0.3) is 0 Å². The van der Waals surface area contributed by atoms with Crippen LogP contribution in [0.2, 0.25) is 0 Å². The summed E-state index contributed by atoms with van der Waals surface area (Å²) in [7, 11) is 0. The molecule has 1 rings (SSSR count). The van der Waals surface area contributed by atoms with E-state index in [-0.39, 0.29) is 17.3 Å². The first kappa shape index (κ1) is 13.1. The molecule has 0 aromatic rings. The molecule has 90 valence electrons. The summed E-state index contributed by atoms with van der Waals surface area (Å²) in [5, 5.41) is 8.59. The van der Waals surface area contributed by atoms with Crippen molar-refractivity contribution in [1.29, 1.82) is 0 Å². The number of rotatable bonds is 2. The van der Waals surface area contributed by atoms with Gasteiger partial charge in [0, 0.05) is 0 Å². The van der Waals surface area contributed by atoms with Crippen LogP contribution in [0, 0.1) is 5.92 Å². The second-order valence-electron chi connectivity index (χ2n) is 3.74. The van der Waals surface area contributed by atoms with Crippen LogP contribution in [-0.4, -0.2) is 28.7 Å². The Labute approximate surface area is 99.0 Å². The zero-order valence-electron chi connectivity index (χ0n) is 9.22. The summed E-state index contributed by atoms with van der Waals surface area (Å²) in [5.41, 5.74) is 0. The van der Waals surface area contributed by atoms with Crippen molar-refractivity contribution in [3.63, 3.8) is 0 Å². The molecule has 0 saturated heterocycles. The fourth-order valence-electron chi connectivity index (χ4n) is 1.67. The van der Waals surface area contributed by atoms with Crippen molar-refractivity contribution in [3.05, 3.63) is 12.2 Å². The van der Waals surface area contributed by atoms with Gasteiger partial charge in [0.05, 0.1) is 5.92 Å². The van der Waals surface area contributed by atoms with Gasteiger partial charge >= 0.3 is 11.3 Å². The predicted molar refractivity (Wildman–Crippen MR) is 62.5 cm³/mol. The lowest BCUT2D eigenvalue weighted by molar-refractivity contribution is -0.142. The largest absolute Gasteiger partial charge is 0.481 e. The molecular formula is C11H16O4S. The molecule has 0 aromatic carbocycles. The van der Waals surface area contributed by atoms with Gasteiger partial charge in [-0.05, 0) is 49.8 Å². The fraction of sp³-hybridized carbons (Fsp3) is 0.636. The van der Waals surface area contributed by atoms with Crippen molar-refractivity contribution >= 4 is 23.0 Å². The molecule has 0 fully saturated rings. The number of carbonyl (C=O) groups is 2. The van der Waals surface area contributed by atoms with E-state index >= 15 is 0 Å². The Hall–Kier alpha value is -0.970.